The number of halogens is 6. The maximum absolute atomic E-state index is 13.5. The van der Waals surface area contributed by atoms with Crippen molar-refractivity contribution in [1.82, 2.24) is 0 Å². The van der Waals surface area contributed by atoms with Crippen molar-refractivity contribution in [2.75, 3.05) is 5.75 Å². The second-order valence-corrected chi connectivity index (χ2v) is 7.80. The average molecular weight is 436 g/mol. The van der Waals surface area contributed by atoms with Gasteiger partial charge >= 0.3 is 12.4 Å². The summed E-state index contributed by atoms with van der Waals surface area (Å²) < 4.78 is 79.7. The van der Waals surface area contributed by atoms with Crippen LogP contribution in [0.5, 0.6) is 0 Å². The third-order valence-corrected chi connectivity index (χ3v) is 5.49. The zero-order valence-electron chi connectivity index (χ0n) is 15.8. The average Bonchev–Trinajstić information content (AvgIpc) is 3.03. The van der Waals surface area contributed by atoms with E-state index in [1.54, 1.807) is 6.92 Å². The van der Waals surface area contributed by atoms with E-state index in [4.69, 9.17) is 5.26 Å². The van der Waals surface area contributed by atoms with E-state index in [-0.39, 0.29) is 22.7 Å². The molecule has 0 fully saturated rings. The molecule has 2 rings (SSSR count). The lowest BCUT2D eigenvalue weighted by atomic mass is 9.95. The van der Waals surface area contributed by atoms with Crippen LogP contribution in [-0.4, -0.2) is 28.6 Å². The van der Waals surface area contributed by atoms with Crippen molar-refractivity contribution in [3.63, 3.8) is 0 Å². The lowest BCUT2D eigenvalue weighted by molar-refractivity contribution is -0.147. The monoisotopic (exact) mass is 436 g/mol. The highest BCUT2D eigenvalue weighted by Gasteiger charge is 2.50. The van der Waals surface area contributed by atoms with Crippen molar-refractivity contribution in [2.45, 2.75) is 57.5 Å². The van der Waals surface area contributed by atoms with Gasteiger partial charge in [0.2, 0.25) is 0 Å². The summed E-state index contributed by atoms with van der Waals surface area (Å²) in [5, 5.41) is 16.3. The summed E-state index contributed by atoms with van der Waals surface area (Å²) in [7, 11) is 0. The van der Waals surface area contributed by atoms with E-state index in [2.05, 4.69) is 15.2 Å². The van der Waals surface area contributed by atoms with Crippen LogP contribution in [0, 0.1) is 11.3 Å². The van der Waals surface area contributed by atoms with Crippen LogP contribution in [-0.2, 0) is 12.6 Å². The second-order valence-electron chi connectivity index (χ2n) is 6.55. The minimum atomic E-state index is -4.77. The van der Waals surface area contributed by atoms with Gasteiger partial charge in [-0.2, -0.15) is 41.8 Å². The number of hydrogen-bond acceptors (Lipinski definition) is 5. The Morgan fingerprint density at radius 3 is 2.38 bits per heavy atom. The summed E-state index contributed by atoms with van der Waals surface area (Å²) >= 11 is 1.11. The van der Waals surface area contributed by atoms with Crippen molar-refractivity contribution >= 4 is 22.5 Å². The first-order valence-corrected chi connectivity index (χ1v) is 9.69. The van der Waals surface area contributed by atoms with Gasteiger partial charge in [-0.05, 0) is 36.8 Å². The molecule has 1 aliphatic rings. The molecule has 0 radical (unpaired) electrons. The third-order valence-electron chi connectivity index (χ3n) is 4.40. The Kier molecular flexibility index (Phi) is 6.67. The molecular weight excluding hydrogens is 418 g/mol. The molecule has 0 saturated carbocycles. The molecule has 0 spiro atoms. The Balaban J connectivity index is 2.60. The number of nitrogens with zero attached hydrogens (tertiary/aromatic N) is 4. The van der Waals surface area contributed by atoms with Crippen molar-refractivity contribution in [2.24, 2.45) is 15.2 Å². The number of benzene rings is 1. The maximum atomic E-state index is 13.5. The molecule has 0 aliphatic carbocycles. The first-order chi connectivity index (χ1) is 13.4. The zero-order valence-corrected chi connectivity index (χ0v) is 16.6. The smallest absolute Gasteiger partial charge is 0.244 e. The predicted octanol–water partition coefficient (Wildman–Crippen LogP) is 6.47. The molecular formula is C18H18F6N4S. The van der Waals surface area contributed by atoms with Crippen LogP contribution in [0.4, 0.5) is 32.0 Å². The first kappa shape index (κ1) is 23.2. The largest absolute Gasteiger partial charge is 0.418 e. The minimum Gasteiger partial charge on any atom is -0.244 e. The van der Waals surface area contributed by atoms with Crippen LogP contribution in [0.3, 0.4) is 0 Å². The molecule has 11 heteroatoms. The molecule has 4 nitrogen and oxygen atoms in total. The molecule has 29 heavy (non-hydrogen) atoms. The Bertz CT molecular complexity index is 869. The highest BCUT2D eigenvalue weighted by atomic mass is 32.2. The summed E-state index contributed by atoms with van der Waals surface area (Å²) in [6, 6.07) is 1.85. The van der Waals surface area contributed by atoms with Crippen molar-refractivity contribution in [3.05, 3.63) is 28.8 Å². The van der Waals surface area contributed by atoms with Gasteiger partial charge in [0, 0.05) is 6.42 Å². The van der Waals surface area contributed by atoms with E-state index >= 15 is 0 Å². The third kappa shape index (κ3) is 4.91. The SMILES string of the molecule is CCSC(=Nc1ccc(C#N)c(C(F)(F)F)c1CC)C1(C)CC(C(F)(F)F)N=N1. The highest BCUT2D eigenvalue weighted by molar-refractivity contribution is 8.14. The molecule has 158 valence electrons. The van der Waals surface area contributed by atoms with E-state index in [0.717, 1.165) is 17.8 Å². The summed E-state index contributed by atoms with van der Waals surface area (Å²) in [6.45, 7) is 4.68. The normalized spacial score (nSPS) is 22.8. The highest BCUT2D eigenvalue weighted by Crippen LogP contribution is 2.42. The lowest BCUT2D eigenvalue weighted by Gasteiger charge is -2.23. The predicted molar refractivity (Wildman–Crippen MR) is 98.5 cm³/mol. The summed E-state index contributed by atoms with van der Waals surface area (Å²) in [5.74, 6) is 0.435. The first-order valence-electron chi connectivity index (χ1n) is 8.71. The molecule has 0 aromatic heterocycles. The second kappa shape index (κ2) is 8.34. The van der Waals surface area contributed by atoms with Gasteiger partial charge in [-0.15, -0.1) is 11.8 Å². The van der Waals surface area contributed by atoms with Crippen LogP contribution in [0.25, 0.3) is 0 Å². The van der Waals surface area contributed by atoms with Crippen molar-refractivity contribution in [3.8, 4) is 6.07 Å². The Morgan fingerprint density at radius 2 is 1.93 bits per heavy atom. The number of alkyl halides is 6. The van der Waals surface area contributed by atoms with Gasteiger partial charge in [-0.3, -0.25) is 0 Å². The van der Waals surface area contributed by atoms with Crippen LogP contribution in [0.1, 0.15) is 43.9 Å². The lowest BCUT2D eigenvalue weighted by Crippen LogP contribution is -2.35. The Morgan fingerprint density at radius 1 is 1.28 bits per heavy atom. The zero-order chi connectivity index (χ0) is 22.0. The fourth-order valence-electron chi connectivity index (χ4n) is 3.04. The quantitative estimate of drug-likeness (QED) is 0.309. The minimum absolute atomic E-state index is 0.0401. The number of rotatable bonds is 4. The van der Waals surface area contributed by atoms with Gasteiger partial charge in [0.25, 0.3) is 0 Å². The van der Waals surface area contributed by atoms with Gasteiger partial charge in [0.05, 0.1) is 22.9 Å². The summed E-state index contributed by atoms with van der Waals surface area (Å²) in [4.78, 5) is 4.29. The molecule has 2 atom stereocenters. The molecule has 1 heterocycles. The van der Waals surface area contributed by atoms with Gasteiger partial charge in [0.1, 0.15) is 10.6 Å². The Hall–Kier alpha value is -2.09. The van der Waals surface area contributed by atoms with Crippen LogP contribution >= 0.6 is 11.8 Å². The van der Waals surface area contributed by atoms with E-state index < -0.39 is 41.5 Å². The Labute approximate surface area is 168 Å². The van der Waals surface area contributed by atoms with Crippen molar-refractivity contribution < 1.29 is 26.3 Å². The number of thioether (sulfide) groups is 1. The molecule has 1 aliphatic heterocycles. The molecule has 0 saturated heterocycles. The van der Waals surface area contributed by atoms with E-state index in [0.29, 0.717) is 5.75 Å². The van der Waals surface area contributed by atoms with Gasteiger partial charge in [-0.25, -0.2) is 4.99 Å². The molecule has 0 bridgehead atoms. The number of nitriles is 1. The molecule has 2 unspecified atom stereocenters. The summed E-state index contributed by atoms with van der Waals surface area (Å²) in [5.41, 5.74) is -3.21. The van der Waals surface area contributed by atoms with Gasteiger partial charge in [0.15, 0.2) is 6.04 Å². The van der Waals surface area contributed by atoms with Crippen molar-refractivity contribution in [1.29, 1.82) is 5.26 Å². The fourth-order valence-corrected chi connectivity index (χ4v) is 3.91. The van der Waals surface area contributed by atoms with Crippen LogP contribution < -0.4 is 0 Å². The van der Waals surface area contributed by atoms with Crippen LogP contribution in [0.2, 0.25) is 0 Å². The number of aliphatic imine (C=N–C) groups is 1. The number of azo groups is 1. The number of hydrogen-bond donors (Lipinski definition) is 0. The maximum Gasteiger partial charge on any atom is 0.418 e. The van der Waals surface area contributed by atoms with Crippen LogP contribution in [0.15, 0.2) is 27.4 Å². The molecule has 0 N–H and O–H groups in total. The van der Waals surface area contributed by atoms with Gasteiger partial charge < -0.3 is 0 Å². The van der Waals surface area contributed by atoms with Gasteiger partial charge in [-0.1, -0.05) is 13.8 Å². The standard InChI is InChI=1S/C18H18F6N4S/c1-4-11-12(7-6-10(9-25)14(11)18(22,23)24)26-15(29-5-2)16(3)8-13(27-28-16)17(19,20)21/h6-7,13H,4-5,8H2,1-3H3. The summed E-state index contributed by atoms with van der Waals surface area (Å²) in [6.07, 6.45) is -9.85. The molecule has 1 aromatic rings. The topological polar surface area (TPSA) is 60.9 Å². The van der Waals surface area contributed by atoms with E-state index in [9.17, 15) is 26.3 Å². The fraction of sp³-hybridized carbons (Fsp3) is 0.556. The van der Waals surface area contributed by atoms with E-state index in [1.807, 2.05) is 0 Å². The molecule has 0 amide bonds. The molecule has 1 aromatic carbocycles. The van der Waals surface area contributed by atoms with E-state index in [1.165, 1.54) is 26.0 Å².